The van der Waals surface area contributed by atoms with Crippen LogP contribution in [-0.4, -0.2) is 49.0 Å². The average molecular weight is 346 g/mol. The van der Waals surface area contributed by atoms with Gasteiger partial charge in [-0.2, -0.15) is 13.2 Å². The number of alkyl halides is 3. The third kappa shape index (κ3) is 4.53. The van der Waals surface area contributed by atoms with E-state index in [9.17, 15) is 23.1 Å². The van der Waals surface area contributed by atoms with Crippen molar-refractivity contribution in [3.05, 3.63) is 29.8 Å². The van der Waals surface area contributed by atoms with Gasteiger partial charge in [-0.15, -0.1) is 0 Å². The van der Waals surface area contributed by atoms with Crippen LogP contribution in [0.5, 0.6) is 5.75 Å². The number of ether oxygens (including phenoxy) is 1. The maximum absolute atomic E-state index is 13.4. The van der Waals surface area contributed by atoms with Gasteiger partial charge in [-0.25, -0.2) is 4.79 Å². The molecule has 1 aromatic rings. The summed E-state index contributed by atoms with van der Waals surface area (Å²) in [5.74, 6) is 0.350. The molecule has 1 heterocycles. The van der Waals surface area contributed by atoms with Gasteiger partial charge < -0.3 is 20.1 Å². The molecule has 1 aromatic carbocycles. The predicted molar refractivity (Wildman–Crippen MR) is 81.7 cm³/mol. The summed E-state index contributed by atoms with van der Waals surface area (Å²) >= 11 is 0. The van der Waals surface area contributed by atoms with Gasteiger partial charge in [0.25, 0.3) is 0 Å². The molecule has 1 aliphatic heterocycles. The van der Waals surface area contributed by atoms with Gasteiger partial charge in [0, 0.05) is 19.7 Å². The van der Waals surface area contributed by atoms with Crippen LogP contribution in [0.2, 0.25) is 0 Å². The maximum atomic E-state index is 13.4. The molecule has 24 heavy (non-hydrogen) atoms. The molecule has 2 N–H and O–H groups in total. The number of amides is 2. The summed E-state index contributed by atoms with van der Waals surface area (Å²) in [4.78, 5) is 13.5. The Morgan fingerprint density at radius 3 is 2.62 bits per heavy atom. The summed E-state index contributed by atoms with van der Waals surface area (Å²) < 4.78 is 45.0. The van der Waals surface area contributed by atoms with Crippen LogP contribution in [0.25, 0.3) is 0 Å². The zero-order valence-corrected chi connectivity index (χ0v) is 13.3. The molecule has 8 heteroatoms. The van der Waals surface area contributed by atoms with E-state index in [2.05, 4.69) is 5.32 Å². The van der Waals surface area contributed by atoms with Gasteiger partial charge in [-0.3, -0.25) is 0 Å². The highest BCUT2D eigenvalue weighted by Gasteiger charge is 2.42. The topological polar surface area (TPSA) is 61.8 Å². The number of piperidine rings is 1. The Labute approximate surface area is 138 Å². The third-order valence-corrected chi connectivity index (χ3v) is 4.11. The van der Waals surface area contributed by atoms with Gasteiger partial charge in [0.15, 0.2) is 6.04 Å². The second-order valence-electron chi connectivity index (χ2n) is 5.83. The lowest BCUT2D eigenvalue weighted by atomic mass is 9.99. The lowest BCUT2D eigenvalue weighted by molar-refractivity contribution is -0.155. The number of benzene rings is 1. The molecule has 0 saturated carbocycles. The van der Waals surface area contributed by atoms with Crippen LogP contribution in [0.4, 0.5) is 18.0 Å². The number of methoxy groups -OCH3 is 1. The number of aliphatic hydroxyl groups excluding tert-OH is 1. The van der Waals surface area contributed by atoms with Gasteiger partial charge in [-0.05, 0) is 36.5 Å². The van der Waals surface area contributed by atoms with E-state index >= 15 is 0 Å². The quantitative estimate of drug-likeness (QED) is 0.881. The van der Waals surface area contributed by atoms with Crippen molar-refractivity contribution < 1.29 is 27.8 Å². The zero-order valence-electron chi connectivity index (χ0n) is 13.3. The van der Waals surface area contributed by atoms with Crippen LogP contribution in [0, 0.1) is 5.92 Å². The van der Waals surface area contributed by atoms with Gasteiger partial charge in [0.1, 0.15) is 5.75 Å². The number of carbonyl (C=O) groups excluding carboxylic acids is 1. The molecular weight excluding hydrogens is 325 g/mol. The van der Waals surface area contributed by atoms with Gasteiger partial charge >= 0.3 is 12.2 Å². The summed E-state index contributed by atoms with van der Waals surface area (Å²) in [6, 6.07) is 2.54. The largest absolute Gasteiger partial charge is 0.497 e. The lowest BCUT2D eigenvalue weighted by Crippen LogP contribution is -2.49. The molecule has 2 rings (SSSR count). The van der Waals surface area contributed by atoms with E-state index < -0.39 is 18.2 Å². The second-order valence-corrected chi connectivity index (χ2v) is 5.83. The Bertz CT molecular complexity index is 548. The highest BCUT2D eigenvalue weighted by Crippen LogP contribution is 2.33. The minimum Gasteiger partial charge on any atom is -0.497 e. The number of likely N-dealkylation sites (tertiary alicyclic amines) is 1. The van der Waals surface area contributed by atoms with Crippen molar-refractivity contribution in [2.24, 2.45) is 5.92 Å². The number of halogens is 3. The number of aliphatic hydroxyl groups is 1. The number of carbonyl (C=O) groups is 1. The molecule has 1 saturated heterocycles. The fraction of sp³-hybridized carbons (Fsp3) is 0.562. The van der Waals surface area contributed by atoms with Crippen LogP contribution in [-0.2, 0) is 0 Å². The summed E-state index contributed by atoms with van der Waals surface area (Å²) in [5, 5.41) is 11.2. The Hall–Kier alpha value is -1.96. The maximum Gasteiger partial charge on any atom is 0.412 e. The van der Waals surface area contributed by atoms with E-state index in [0.717, 1.165) is 6.42 Å². The van der Waals surface area contributed by atoms with Crippen LogP contribution in [0.3, 0.4) is 0 Å². The van der Waals surface area contributed by atoms with Gasteiger partial charge in [0.05, 0.1) is 7.11 Å². The molecule has 0 aliphatic carbocycles. The van der Waals surface area contributed by atoms with Crippen molar-refractivity contribution in [1.82, 2.24) is 10.2 Å². The molecule has 2 atom stereocenters. The Morgan fingerprint density at radius 2 is 2.08 bits per heavy atom. The molecule has 1 fully saturated rings. The Kier molecular flexibility index (Phi) is 5.93. The normalized spacial score (nSPS) is 19.7. The van der Waals surface area contributed by atoms with Crippen molar-refractivity contribution in [2.45, 2.75) is 25.1 Å². The number of nitrogens with zero attached hydrogens (tertiary/aromatic N) is 1. The SMILES string of the molecule is COc1ccc([C@H](NC(=O)N2CCC[C@H](CO)C2)C(F)(F)F)cc1. The first-order valence-electron chi connectivity index (χ1n) is 7.72. The highest BCUT2D eigenvalue weighted by molar-refractivity contribution is 5.75. The summed E-state index contributed by atoms with van der Waals surface area (Å²) in [5.41, 5.74) is -0.0626. The zero-order chi connectivity index (χ0) is 17.7. The monoisotopic (exact) mass is 346 g/mol. The first-order chi connectivity index (χ1) is 11.3. The smallest absolute Gasteiger partial charge is 0.412 e. The van der Waals surface area contributed by atoms with Crippen LogP contribution in [0.15, 0.2) is 24.3 Å². The molecule has 2 amide bonds. The molecule has 0 aromatic heterocycles. The molecule has 0 bridgehead atoms. The Morgan fingerprint density at radius 1 is 1.42 bits per heavy atom. The first-order valence-corrected chi connectivity index (χ1v) is 7.72. The summed E-state index contributed by atoms with van der Waals surface area (Å²) in [6.07, 6.45) is -3.18. The molecule has 134 valence electrons. The van der Waals surface area contributed by atoms with Gasteiger partial charge in [-0.1, -0.05) is 12.1 Å². The van der Waals surface area contributed by atoms with E-state index in [1.165, 1.54) is 36.3 Å². The van der Waals surface area contributed by atoms with Crippen LogP contribution < -0.4 is 10.1 Å². The molecule has 1 aliphatic rings. The number of hydrogen-bond acceptors (Lipinski definition) is 3. The van der Waals surface area contributed by atoms with Gasteiger partial charge in [0.2, 0.25) is 0 Å². The van der Waals surface area contributed by atoms with Crippen molar-refractivity contribution in [1.29, 1.82) is 0 Å². The number of nitrogens with one attached hydrogen (secondary N) is 1. The summed E-state index contributed by atoms with van der Waals surface area (Å²) in [7, 11) is 1.42. The van der Waals surface area contributed by atoms with Crippen molar-refractivity contribution in [3.63, 3.8) is 0 Å². The van der Waals surface area contributed by atoms with E-state index in [4.69, 9.17) is 4.74 Å². The average Bonchev–Trinajstić information content (AvgIpc) is 2.58. The van der Waals surface area contributed by atoms with E-state index in [1.807, 2.05) is 0 Å². The predicted octanol–water partition coefficient (Wildman–Crippen LogP) is 2.71. The minimum absolute atomic E-state index is 0.0626. The molecule has 0 radical (unpaired) electrons. The molecule has 0 spiro atoms. The molecular formula is C16H21F3N2O3. The van der Waals surface area contributed by atoms with E-state index in [1.54, 1.807) is 0 Å². The molecule has 5 nitrogen and oxygen atoms in total. The third-order valence-electron chi connectivity index (χ3n) is 4.11. The second kappa shape index (κ2) is 7.74. The fourth-order valence-corrected chi connectivity index (χ4v) is 2.76. The minimum atomic E-state index is -4.61. The van der Waals surface area contributed by atoms with Crippen molar-refractivity contribution >= 4 is 6.03 Å². The summed E-state index contributed by atoms with van der Waals surface area (Å²) in [6.45, 7) is 0.565. The lowest BCUT2D eigenvalue weighted by Gasteiger charge is -2.33. The standard InChI is InChI=1S/C16H21F3N2O3/c1-24-13-6-4-12(5-7-13)14(16(17,18)19)20-15(23)21-8-2-3-11(9-21)10-22/h4-7,11,14,22H,2-3,8-10H2,1H3,(H,20,23)/t11-,14-/m0/s1. The van der Waals surface area contributed by atoms with Crippen molar-refractivity contribution in [3.8, 4) is 5.75 Å². The van der Waals surface area contributed by atoms with Crippen LogP contribution in [0.1, 0.15) is 24.4 Å². The van der Waals surface area contributed by atoms with Crippen LogP contribution >= 0.6 is 0 Å². The first kappa shape index (κ1) is 18.4. The number of rotatable bonds is 4. The fourth-order valence-electron chi connectivity index (χ4n) is 2.76. The van der Waals surface area contributed by atoms with E-state index in [0.29, 0.717) is 18.7 Å². The van der Waals surface area contributed by atoms with Crippen molar-refractivity contribution in [2.75, 3.05) is 26.8 Å². The highest BCUT2D eigenvalue weighted by atomic mass is 19.4. The molecule has 0 unspecified atom stereocenters. The Balaban J connectivity index is 2.12. The number of hydrogen-bond donors (Lipinski definition) is 2. The van der Waals surface area contributed by atoms with E-state index in [-0.39, 0.29) is 24.6 Å². The number of urea groups is 1.